The molecule has 1 fully saturated rings. The van der Waals surface area contributed by atoms with E-state index >= 15 is 0 Å². The van der Waals surface area contributed by atoms with Gasteiger partial charge in [-0.2, -0.15) is 11.8 Å². The van der Waals surface area contributed by atoms with Crippen molar-refractivity contribution in [2.45, 2.75) is 29.4 Å². The van der Waals surface area contributed by atoms with E-state index in [1.54, 1.807) is 0 Å². The molecular formula is C14H18ClNOS. The van der Waals surface area contributed by atoms with E-state index in [4.69, 9.17) is 11.6 Å². The monoisotopic (exact) mass is 283 g/mol. The normalized spacial score (nSPS) is 18.8. The summed E-state index contributed by atoms with van der Waals surface area (Å²) >= 11 is 8.02. The van der Waals surface area contributed by atoms with Gasteiger partial charge >= 0.3 is 0 Å². The van der Waals surface area contributed by atoms with Crippen molar-refractivity contribution in [3.05, 3.63) is 35.9 Å². The largest absolute Gasteiger partial charge is 0.353 e. The third-order valence-corrected chi connectivity index (χ3v) is 5.47. The highest BCUT2D eigenvalue weighted by Gasteiger charge is 2.36. The van der Waals surface area contributed by atoms with Gasteiger partial charge in [0, 0.05) is 11.3 Å². The summed E-state index contributed by atoms with van der Waals surface area (Å²) in [6, 6.07) is 9.47. The van der Waals surface area contributed by atoms with E-state index in [0.717, 1.165) is 12.1 Å². The zero-order valence-electron chi connectivity index (χ0n) is 10.5. The van der Waals surface area contributed by atoms with Gasteiger partial charge in [-0.05, 0) is 24.7 Å². The number of amides is 1. The van der Waals surface area contributed by atoms with Gasteiger partial charge in [0.25, 0.3) is 0 Å². The van der Waals surface area contributed by atoms with Crippen molar-refractivity contribution in [1.29, 1.82) is 0 Å². The van der Waals surface area contributed by atoms with Crippen molar-refractivity contribution in [3.8, 4) is 0 Å². The van der Waals surface area contributed by atoms with Crippen molar-refractivity contribution in [3.63, 3.8) is 0 Å². The molecule has 1 aromatic rings. The SMILES string of the molecule is CSC1(CNC(=O)C(Cl)c2ccccc2)CCC1. The number of hydrogen-bond donors (Lipinski definition) is 1. The molecule has 98 valence electrons. The van der Waals surface area contributed by atoms with Crippen LogP contribution in [0.5, 0.6) is 0 Å². The molecule has 1 atom stereocenters. The van der Waals surface area contributed by atoms with E-state index in [1.807, 2.05) is 42.1 Å². The molecule has 1 unspecified atom stereocenters. The molecule has 2 rings (SSSR count). The Kier molecular flexibility index (Phi) is 4.57. The molecule has 2 nitrogen and oxygen atoms in total. The Labute approximate surface area is 117 Å². The van der Waals surface area contributed by atoms with Crippen LogP contribution in [0.4, 0.5) is 0 Å². The fourth-order valence-electron chi connectivity index (χ4n) is 2.14. The van der Waals surface area contributed by atoms with Crippen LogP contribution in [-0.2, 0) is 4.79 Å². The Bertz CT molecular complexity index is 400. The average Bonchev–Trinajstić information content (AvgIpc) is 2.38. The van der Waals surface area contributed by atoms with Gasteiger partial charge in [-0.1, -0.05) is 36.8 Å². The standard InChI is InChI=1S/C14H18ClNOS/c1-18-14(8-5-9-14)10-16-13(17)12(15)11-6-3-2-4-7-11/h2-4,6-7,12H,5,8-10H2,1H3,(H,16,17). The Morgan fingerprint density at radius 2 is 2.11 bits per heavy atom. The van der Waals surface area contributed by atoms with Gasteiger partial charge in [-0.15, -0.1) is 11.6 Å². The van der Waals surface area contributed by atoms with Crippen LogP contribution in [0.2, 0.25) is 0 Å². The molecule has 0 saturated heterocycles. The zero-order valence-corrected chi connectivity index (χ0v) is 12.1. The molecule has 18 heavy (non-hydrogen) atoms. The molecule has 1 amide bonds. The summed E-state index contributed by atoms with van der Waals surface area (Å²) in [6.07, 6.45) is 5.75. The predicted octanol–water partition coefficient (Wildman–Crippen LogP) is 3.37. The summed E-state index contributed by atoms with van der Waals surface area (Å²) in [5.41, 5.74) is 0.850. The number of benzene rings is 1. The molecule has 1 aliphatic carbocycles. The second-order valence-electron chi connectivity index (χ2n) is 4.73. The number of nitrogens with one attached hydrogen (secondary N) is 1. The highest BCUT2D eigenvalue weighted by atomic mass is 35.5. The van der Waals surface area contributed by atoms with Crippen LogP contribution < -0.4 is 5.32 Å². The summed E-state index contributed by atoms with van der Waals surface area (Å²) in [7, 11) is 0. The third-order valence-electron chi connectivity index (χ3n) is 3.61. The highest BCUT2D eigenvalue weighted by molar-refractivity contribution is 8.00. The van der Waals surface area contributed by atoms with Crippen LogP contribution in [0.1, 0.15) is 30.2 Å². The summed E-state index contributed by atoms with van der Waals surface area (Å²) in [5, 5.41) is 2.39. The van der Waals surface area contributed by atoms with Crippen molar-refractivity contribution in [2.75, 3.05) is 12.8 Å². The number of halogens is 1. The average molecular weight is 284 g/mol. The summed E-state index contributed by atoms with van der Waals surface area (Å²) in [4.78, 5) is 12.0. The van der Waals surface area contributed by atoms with Crippen molar-refractivity contribution in [1.82, 2.24) is 5.32 Å². The van der Waals surface area contributed by atoms with Gasteiger partial charge in [-0.3, -0.25) is 4.79 Å². The Hall–Kier alpha value is -0.670. The summed E-state index contributed by atoms with van der Waals surface area (Å²) in [6.45, 7) is 0.725. The molecule has 0 spiro atoms. The van der Waals surface area contributed by atoms with E-state index in [-0.39, 0.29) is 10.7 Å². The predicted molar refractivity (Wildman–Crippen MR) is 78.1 cm³/mol. The number of thioether (sulfide) groups is 1. The number of alkyl halides is 1. The summed E-state index contributed by atoms with van der Waals surface area (Å²) < 4.78 is 0.253. The van der Waals surface area contributed by atoms with Gasteiger partial charge in [0.2, 0.25) is 5.91 Å². The zero-order chi connectivity index (χ0) is 13.0. The van der Waals surface area contributed by atoms with E-state index in [2.05, 4.69) is 11.6 Å². The molecule has 0 aliphatic heterocycles. The molecule has 1 N–H and O–H groups in total. The molecule has 0 radical (unpaired) electrons. The van der Waals surface area contributed by atoms with Crippen molar-refractivity contribution >= 4 is 29.3 Å². The lowest BCUT2D eigenvalue weighted by Gasteiger charge is -2.40. The molecule has 0 heterocycles. The van der Waals surface area contributed by atoms with Crippen LogP contribution in [0.15, 0.2) is 30.3 Å². The van der Waals surface area contributed by atoms with Gasteiger partial charge in [0.15, 0.2) is 0 Å². The first-order chi connectivity index (χ1) is 8.67. The molecule has 1 saturated carbocycles. The second kappa shape index (κ2) is 5.98. The van der Waals surface area contributed by atoms with Gasteiger partial charge in [0.1, 0.15) is 5.38 Å². The van der Waals surface area contributed by atoms with E-state index < -0.39 is 5.38 Å². The maximum Gasteiger partial charge on any atom is 0.242 e. The van der Waals surface area contributed by atoms with Gasteiger partial charge < -0.3 is 5.32 Å². The lowest BCUT2D eigenvalue weighted by molar-refractivity contribution is -0.121. The molecule has 4 heteroatoms. The minimum absolute atomic E-state index is 0.0943. The van der Waals surface area contributed by atoms with Crippen LogP contribution in [-0.4, -0.2) is 23.5 Å². The fourth-order valence-corrected chi connectivity index (χ4v) is 3.27. The maximum atomic E-state index is 12.0. The topological polar surface area (TPSA) is 29.1 Å². The first-order valence-electron chi connectivity index (χ1n) is 6.19. The van der Waals surface area contributed by atoms with E-state index in [9.17, 15) is 4.79 Å². The number of carbonyl (C=O) groups excluding carboxylic acids is 1. The molecule has 1 aromatic carbocycles. The number of carbonyl (C=O) groups is 1. The third kappa shape index (κ3) is 3.01. The van der Waals surface area contributed by atoms with Gasteiger partial charge in [-0.25, -0.2) is 0 Å². The molecule has 0 aromatic heterocycles. The molecule has 0 bridgehead atoms. The first kappa shape index (κ1) is 13.8. The smallest absolute Gasteiger partial charge is 0.242 e. The minimum atomic E-state index is -0.592. The lowest BCUT2D eigenvalue weighted by atomic mass is 9.84. The number of rotatable bonds is 5. The van der Waals surface area contributed by atoms with Gasteiger partial charge in [0.05, 0.1) is 0 Å². The second-order valence-corrected chi connectivity index (χ2v) is 6.44. The Morgan fingerprint density at radius 1 is 1.44 bits per heavy atom. The molecule has 1 aliphatic rings. The highest BCUT2D eigenvalue weighted by Crippen LogP contribution is 2.42. The molecular weight excluding hydrogens is 266 g/mol. The van der Waals surface area contributed by atoms with E-state index in [0.29, 0.717) is 0 Å². The fraction of sp³-hybridized carbons (Fsp3) is 0.500. The minimum Gasteiger partial charge on any atom is -0.353 e. The van der Waals surface area contributed by atoms with Crippen LogP contribution >= 0.6 is 23.4 Å². The van der Waals surface area contributed by atoms with Crippen LogP contribution in [0.3, 0.4) is 0 Å². The first-order valence-corrected chi connectivity index (χ1v) is 7.85. The quantitative estimate of drug-likeness (QED) is 0.840. The summed E-state index contributed by atoms with van der Waals surface area (Å²) in [5.74, 6) is -0.0943. The lowest BCUT2D eigenvalue weighted by Crippen LogP contribution is -2.45. The van der Waals surface area contributed by atoms with Crippen molar-refractivity contribution in [2.24, 2.45) is 0 Å². The van der Waals surface area contributed by atoms with Crippen LogP contribution in [0, 0.1) is 0 Å². The Morgan fingerprint density at radius 3 is 2.61 bits per heavy atom. The van der Waals surface area contributed by atoms with E-state index in [1.165, 1.54) is 19.3 Å². The number of hydrogen-bond acceptors (Lipinski definition) is 2. The van der Waals surface area contributed by atoms with Crippen LogP contribution in [0.25, 0.3) is 0 Å². The maximum absolute atomic E-state index is 12.0. The van der Waals surface area contributed by atoms with Crippen molar-refractivity contribution < 1.29 is 4.79 Å². The Balaban J connectivity index is 1.88.